The molecule has 1 heterocycles. The van der Waals surface area contributed by atoms with E-state index in [0.29, 0.717) is 22.1 Å². The molecule has 94 valence electrons. The van der Waals surface area contributed by atoms with Gasteiger partial charge in [-0.25, -0.2) is 9.18 Å². The van der Waals surface area contributed by atoms with Crippen molar-refractivity contribution in [3.8, 4) is 0 Å². The fourth-order valence-electron chi connectivity index (χ4n) is 1.35. The predicted octanol–water partition coefficient (Wildman–Crippen LogP) is 2.99. The van der Waals surface area contributed by atoms with Crippen LogP contribution in [0, 0.1) is 5.82 Å². The minimum Gasteiger partial charge on any atom is -0.478 e. The molecule has 0 atom stereocenters. The van der Waals surface area contributed by atoms with Gasteiger partial charge in [-0.15, -0.1) is 11.8 Å². The lowest BCUT2D eigenvalue weighted by Gasteiger charge is -2.03. The predicted molar refractivity (Wildman–Crippen MR) is 66.0 cm³/mol. The molecule has 0 radical (unpaired) electrons. The maximum atomic E-state index is 13.0. The maximum Gasteiger partial charge on any atom is 0.338 e. The third-order valence-corrected chi connectivity index (χ3v) is 3.34. The van der Waals surface area contributed by atoms with Crippen molar-refractivity contribution in [3.63, 3.8) is 0 Å². The van der Waals surface area contributed by atoms with Crippen molar-refractivity contribution in [1.82, 2.24) is 0 Å². The Morgan fingerprint density at radius 2 is 2.22 bits per heavy atom. The lowest BCUT2D eigenvalue weighted by molar-refractivity contribution is 0.0696. The van der Waals surface area contributed by atoms with Crippen LogP contribution in [0.15, 0.2) is 39.8 Å². The fourth-order valence-corrected chi connectivity index (χ4v) is 2.23. The van der Waals surface area contributed by atoms with Crippen molar-refractivity contribution in [2.75, 3.05) is 5.73 Å². The second-order valence-corrected chi connectivity index (χ2v) is 4.59. The number of thioether (sulfide) groups is 1. The van der Waals surface area contributed by atoms with Gasteiger partial charge in [0.1, 0.15) is 17.8 Å². The van der Waals surface area contributed by atoms with E-state index in [-0.39, 0.29) is 11.4 Å². The van der Waals surface area contributed by atoms with Crippen LogP contribution in [0.2, 0.25) is 0 Å². The number of carboxylic acids is 1. The second kappa shape index (κ2) is 5.14. The van der Waals surface area contributed by atoms with E-state index in [2.05, 4.69) is 0 Å². The molecule has 0 saturated heterocycles. The molecule has 0 aliphatic rings. The number of nitrogen functional groups attached to an aromatic ring is 1. The number of aromatic carboxylic acids is 1. The number of benzene rings is 1. The summed E-state index contributed by atoms with van der Waals surface area (Å²) in [6.45, 7) is 0. The number of anilines is 1. The Morgan fingerprint density at radius 3 is 2.89 bits per heavy atom. The van der Waals surface area contributed by atoms with E-state index in [1.807, 2.05) is 0 Å². The number of carbonyl (C=O) groups is 1. The molecule has 0 unspecified atom stereocenters. The molecule has 1 aromatic carbocycles. The largest absolute Gasteiger partial charge is 0.478 e. The standard InChI is InChI=1S/C12H10FNO3S/c13-8-1-2-10(14)11(4-8)18-6-9-3-7(5-17-9)12(15)16/h1-5H,6,14H2,(H,15,16). The van der Waals surface area contributed by atoms with Gasteiger partial charge in [0.05, 0.1) is 11.3 Å². The summed E-state index contributed by atoms with van der Waals surface area (Å²) < 4.78 is 18.1. The third-order valence-electron chi connectivity index (χ3n) is 2.25. The molecule has 0 aliphatic heterocycles. The van der Waals surface area contributed by atoms with Gasteiger partial charge >= 0.3 is 5.97 Å². The van der Waals surface area contributed by atoms with Crippen LogP contribution in [0.1, 0.15) is 16.1 Å². The van der Waals surface area contributed by atoms with E-state index >= 15 is 0 Å². The van der Waals surface area contributed by atoms with E-state index in [9.17, 15) is 9.18 Å². The van der Waals surface area contributed by atoms with E-state index in [4.69, 9.17) is 15.3 Å². The van der Waals surface area contributed by atoms with E-state index < -0.39 is 5.97 Å². The smallest absolute Gasteiger partial charge is 0.338 e. The Morgan fingerprint density at radius 1 is 1.44 bits per heavy atom. The highest BCUT2D eigenvalue weighted by Crippen LogP contribution is 2.29. The highest BCUT2D eigenvalue weighted by atomic mass is 32.2. The summed E-state index contributed by atoms with van der Waals surface area (Å²) in [5, 5.41) is 8.73. The highest BCUT2D eigenvalue weighted by molar-refractivity contribution is 7.98. The third kappa shape index (κ3) is 2.84. The van der Waals surface area contributed by atoms with Gasteiger partial charge in [-0.05, 0) is 24.3 Å². The summed E-state index contributed by atoms with van der Waals surface area (Å²) in [7, 11) is 0. The average molecular weight is 267 g/mol. The zero-order chi connectivity index (χ0) is 13.1. The van der Waals surface area contributed by atoms with Crippen LogP contribution in [-0.4, -0.2) is 11.1 Å². The molecule has 4 nitrogen and oxygen atoms in total. The van der Waals surface area contributed by atoms with Crippen LogP contribution < -0.4 is 5.73 Å². The number of nitrogens with two attached hydrogens (primary N) is 1. The number of hydrogen-bond acceptors (Lipinski definition) is 4. The van der Waals surface area contributed by atoms with Gasteiger partial charge in [0, 0.05) is 10.6 Å². The Kier molecular flexibility index (Phi) is 3.57. The monoisotopic (exact) mass is 267 g/mol. The summed E-state index contributed by atoms with van der Waals surface area (Å²) in [6, 6.07) is 5.54. The van der Waals surface area contributed by atoms with E-state index in [1.165, 1.54) is 42.3 Å². The molecule has 6 heteroatoms. The van der Waals surface area contributed by atoms with E-state index in [1.54, 1.807) is 0 Å². The Balaban J connectivity index is 2.06. The first kappa shape index (κ1) is 12.5. The van der Waals surface area contributed by atoms with Crippen molar-refractivity contribution >= 4 is 23.4 Å². The molecule has 0 fully saturated rings. The van der Waals surface area contributed by atoms with Crippen LogP contribution in [0.4, 0.5) is 10.1 Å². The van der Waals surface area contributed by atoms with E-state index in [0.717, 1.165) is 0 Å². The normalized spacial score (nSPS) is 10.5. The van der Waals surface area contributed by atoms with Crippen LogP contribution in [0.25, 0.3) is 0 Å². The summed E-state index contributed by atoms with van der Waals surface area (Å²) >= 11 is 1.29. The van der Waals surface area contributed by atoms with Gasteiger partial charge < -0.3 is 15.3 Å². The molecular weight excluding hydrogens is 257 g/mol. The molecule has 3 N–H and O–H groups in total. The van der Waals surface area contributed by atoms with Gasteiger partial charge in [0.2, 0.25) is 0 Å². The molecular formula is C12H10FNO3S. The minimum atomic E-state index is -1.04. The van der Waals surface area contributed by atoms with Crippen LogP contribution in [0.5, 0.6) is 0 Å². The highest BCUT2D eigenvalue weighted by Gasteiger charge is 2.09. The molecule has 0 spiro atoms. The summed E-state index contributed by atoms with van der Waals surface area (Å²) in [4.78, 5) is 11.3. The van der Waals surface area contributed by atoms with Crippen molar-refractivity contribution in [2.24, 2.45) is 0 Å². The van der Waals surface area contributed by atoms with Crippen LogP contribution in [0.3, 0.4) is 0 Å². The van der Waals surface area contributed by atoms with Crippen molar-refractivity contribution in [1.29, 1.82) is 0 Å². The quantitative estimate of drug-likeness (QED) is 0.657. The van der Waals surface area contributed by atoms with Gasteiger partial charge in [-0.1, -0.05) is 0 Å². The van der Waals surface area contributed by atoms with Crippen LogP contribution >= 0.6 is 11.8 Å². The SMILES string of the molecule is Nc1ccc(F)cc1SCc1cc(C(=O)O)co1. The molecule has 0 amide bonds. The Hall–Kier alpha value is -1.95. The zero-order valence-corrected chi connectivity index (χ0v) is 10.0. The van der Waals surface area contributed by atoms with Crippen LogP contribution in [-0.2, 0) is 5.75 Å². The topological polar surface area (TPSA) is 76.5 Å². The molecule has 0 bridgehead atoms. The number of carboxylic acid groups (broad SMARTS) is 1. The van der Waals surface area contributed by atoms with Gasteiger partial charge in [0.15, 0.2) is 0 Å². The molecule has 1 aromatic heterocycles. The second-order valence-electron chi connectivity index (χ2n) is 3.58. The minimum absolute atomic E-state index is 0.0952. The maximum absolute atomic E-state index is 13.0. The lowest BCUT2D eigenvalue weighted by Crippen LogP contribution is -1.92. The number of rotatable bonds is 4. The summed E-state index contributed by atoms with van der Waals surface area (Å²) in [5.74, 6) is -0.514. The van der Waals surface area contributed by atoms with Gasteiger partial charge in [-0.2, -0.15) is 0 Å². The molecule has 2 rings (SSSR count). The first-order valence-electron chi connectivity index (χ1n) is 5.05. The number of halogens is 1. The molecule has 18 heavy (non-hydrogen) atoms. The number of furan rings is 1. The average Bonchev–Trinajstić information content (AvgIpc) is 2.79. The van der Waals surface area contributed by atoms with Crippen molar-refractivity contribution < 1.29 is 18.7 Å². The first-order valence-corrected chi connectivity index (χ1v) is 6.03. The molecule has 2 aromatic rings. The summed E-state index contributed by atoms with van der Waals surface area (Å²) in [6.07, 6.45) is 1.17. The van der Waals surface area contributed by atoms with Gasteiger partial charge in [0.25, 0.3) is 0 Å². The molecule has 0 saturated carbocycles. The van der Waals surface area contributed by atoms with Gasteiger partial charge in [-0.3, -0.25) is 0 Å². The lowest BCUT2D eigenvalue weighted by atomic mass is 10.3. The van der Waals surface area contributed by atoms with Crippen molar-refractivity contribution in [2.45, 2.75) is 10.6 Å². The first-order chi connectivity index (χ1) is 8.56. The Bertz CT molecular complexity index is 582. The zero-order valence-electron chi connectivity index (χ0n) is 9.22. The van der Waals surface area contributed by atoms with Crippen molar-refractivity contribution in [3.05, 3.63) is 47.7 Å². The summed E-state index contributed by atoms with van der Waals surface area (Å²) in [5.41, 5.74) is 6.27. The number of hydrogen-bond donors (Lipinski definition) is 2. The molecule has 0 aliphatic carbocycles. The fraction of sp³-hybridized carbons (Fsp3) is 0.0833. The Labute approximate surface area is 107 Å².